The second-order valence-electron chi connectivity index (χ2n) is 10.4. The van der Waals surface area contributed by atoms with E-state index in [0.717, 1.165) is 56.7 Å². The smallest absolute Gasteiger partial charge is 0.222 e. The van der Waals surface area contributed by atoms with Gasteiger partial charge in [-0.3, -0.25) is 14.6 Å². The zero-order chi connectivity index (χ0) is 22.9. The molecular weight excluding hydrogens is 402 g/mol. The van der Waals surface area contributed by atoms with Gasteiger partial charge in [0.15, 0.2) is 5.96 Å². The first-order valence-electron chi connectivity index (χ1n) is 13.0. The Balaban J connectivity index is 1.25. The van der Waals surface area contributed by atoms with Gasteiger partial charge in [0.25, 0.3) is 0 Å². The van der Waals surface area contributed by atoms with Crippen LogP contribution in [0.25, 0.3) is 0 Å². The molecule has 1 aliphatic carbocycles. The van der Waals surface area contributed by atoms with Gasteiger partial charge in [0.2, 0.25) is 11.8 Å². The molecule has 0 aromatic carbocycles. The number of guanidine groups is 1. The minimum Gasteiger partial charge on any atom is -0.356 e. The molecule has 2 unspecified atom stereocenters. The Hall–Kier alpha value is -1.79. The molecule has 0 aromatic rings. The highest BCUT2D eigenvalue weighted by Crippen LogP contribution is 2.35. The summed E-state index contributed by atoms with van der Waals surface area (Å²) in [5, 5.41) is 3.54. The van der Waals surface area contributed by atoms with Crippen molar-refractivity contribution in [2.24, 2.45) is 22.7 Å². The maximum absolute atomic E-state index is 12.5. The highest BCUT2D eigenvalue weighted by Gasteiger charge is 2.35. The molecule has 2 atom stereocenters. The number of likely N-dealkylation sites (tertiary alicyclic amines) is 1. The van der Waals surface area contributed by atoms with Crippen LogP contribution < -0.4 is 5.32 Å². The third-order valence-electron chi connectivity index (χ3n) is 7.41. The van der Waals surface area contributed by atoms with Crippen LogP contribution in [0.3, 0.4) is 0 Å². The van der Waals surface area contributed by atoms with E-state index >= 15 is 0 Å². The average molecular weight is 448 g/mol. The molecule has 3 fully saturated rings. The zero-order valence-electron chi connectivity index (χ0n) is 20.7. The molecule has 0 spiro atoms. The first-order valence-corrected chi connectivity index (χ1v) is 13.0. The Labute approximate surface area is 195 Å². The summed E-state index contributed by atoms with van der Waals surface area (Å²) in [4.78, 5) is 35.5. The van der Waals surface area contributed by atoms with Crippen LogP contribution in [0.4, 0.5) is 0 Å². The molecule has 0 bridgehead atoms. The van der Waals surface area contributed by atoms with E-state index in [4.69, 9.17) is 0 Å². The number of hydrogen-bond acceptors (Lipinski definition) is 3. The normalized spacial score (nSPS) is 24.1. The van der Waals surface area contributed by atoms with Crippen molar-refractivity contribution in [2.45, 2.75) is 71.6 Å². The lowest BCUT2D eigenvalue weighted by Crippen LogP contribution is -2.50. The Morgan fingerprint density at radius 1 is 0.875 bits per heavy atom. The molecule has 0 aromatic heterocycles. The number of unbranched alkanes of at least 4 members (excludes halogenated alkanes) is 2. The van der Waals surface area contributed by atoms with Gasteiger partial charge >= 0.3 is 0 Å². The van der Waals surface area contributed by atoms with E-state index < -0.39 is 0 Å². The summed E-state index contributed by atoms with van der Waals surface area (Å²) in [5.74, 6) is 3.63. The van der Waals surface area contributed by atoms with Gasteiger partial charge in [0.1, 0.15) is 0 Å². The van der Waals surface area contributed by atoms with Gasteiger partial charge in [0.05, 0.1) is 0 Å². The van der Waals surface area contributed by atoms with Gasteiger partial charge in [-0.15, -0.1) is 0 Å². The Morgan fingerprint density at radius 3 is 2.03 bits per heavy atom. The molecule has 2 aliphatic heterocycles. The van der Waals surface area contributed by atoms with Crippen LogP contribution in [0.2, 0.25) is 0 Å². The minimum absolute atomic E-state index is 0.224. The van der Waals surface area contributed by atoms with Crippen molar-refractivity contribution in [1.29, 1.82) is 0 Å². The predicted molar refractivity (Wildman–Crippen MR) is 129 cm³/mol. The molecule has 2 amide bonds. The van der Waals surface area contributed by atoms with Gasteiger partial charge in [-0.05, 0) is 43.4 Å². The van der Waals surface area contributed by atoms with Gasteiger partial charge < -0.3 is 20.0 Å². The van der Waals surface area contributed by atoms with E-state index in [1.165, 1.54) is 25.7 Å². The molecule has 182 valence electrons. The monoisotopic (exact) mass is 447 g/mol. The van der Waals surface area contributed by atoms with Crippen molar-refractivity contribution in [3.63, 3.8) is 0 Å². The Kier molecular flexibility index (Phi) is 9.67. The molecule has 32 heavy (non-hydrogen) atoms. The van der Waals surface area contributed by atoms with Crippen LogP contribution in [-0.4, -0.2) is 85.3 Å². The largest absolute Gasteiger partial charge is 0.356 e. The minimum atomic E-state index is 0.224. The molecule has 1 saturated carbocycles. The molecule has 3 rings (SSSR count). The van der Waals surface area contributed by atoms with Gasteiger partial charge in [-0.25, -0.2) is 0 Å². The summed E-state index contributed by atoms with van der Waals surface area (Å²) in [6.45, 7) is 10.1. The number of rotatable bonds is 8. The quantitative estimate of drug-likeness (QED) is 0.353. The van der Waals surface area contributed by atoms with Crippen molar-refractivity contribution in [3.8, 4) is 0 Å². The van der Waals surface area contributed by atoms with Crippen molar-refractivity contribution in [3.05, 3.63) is 0 Å². The molecule has 3 aliphatic rings. The number of fused-ring (bicyclic) bond motifs is 1. The fourth-order valence-electron chi connectivity index (χ4n) is 5.53. The van der Waals surface area contributed by atoms with Crippen LogP contribution in [0.1, 0.15) is 71.6 Å². The molecule has 0 radical (unpaired) electrons. The second-order valence-corrected chi connectivity index (χ2v) is 10.4. The number of carbonyl (C=O) groups excluding carboxylic acids is 2. The lowest BCUT2D eigenvalue weighted by molar-refractivity contribution is -0.140. The SMILES string of the molecule is CN=C(NCCCCCC(=O)N1CCN(C(=O)CC(C)C)CC1)N1CC2CCCCC2C1. The number of carbonyl (C=O) groups is 2. The first kappa shape index (κ1) is 24.8. The molecule has 2 saturated heterocycles. The van der Waals surface area contributed by atoms with Crippen LogP contribution in [0.15, 0.2) is 4.99 Å². The van der Waals surface area contributed by atoms with E-state index in [9.17, 15) is 9.59 Å². The van der Waals surface area contributed by atoms with E-state index in [2.05, 4.69) is 29.1 Å². The number of hydrogen-bond donors (Lipinski definition) is 1. The second kappa shape index (κ2) is 12.4. The van der Waals surface area contributed by atoms with E-state index in [1.54, 1.807) is 0 Å². The van der Waals surface area contributed by atoms with E-state index in [0.29, 0.717) is 44.9 Å². The highest BCUT2D eigenvalue weighted by atomic mass is 16.2. The third-order valence-corrected chi connectivity index (χ3v) is 7.41. The topological polar surface area (TPSA) is 68.2 Å². The molecule has 1 N–H and O–H groups in total. The van der Waals surface area contributed by atoms with Crippen LogP contribution >= 0.6 is 0 Å². The van der Waals surface area contributed by atoms with Gasteiger partial charge in [-0.1, -0.05) is 33.1 Å². The summed E-state index contributed by atoms with van der Waals surface area (Å²) >= 11 is 0. The number of nitrogens with zero attached hydrogens (tertiary/aromatic N) is 4. The summed E-state index contributed by atoms with van der Waals surface area (Å²) in [6, 6.07) is 0. The zero-order valence-corrected chi connectivity index (χ0v) is 20.7. The number of piperazine rings is 1. The highest BCUT2D eigenvalue weighted by molar-refractivity contribution is 5.80. The molecule has 7 nitrogen and oxygen atoms in total. The van der Waals surface area contributed by atoms with Gasteiger partial charge in [0, 0.05) is 65.7 Å². The van der Waals surface area contributed by atoms with Crippen LogP contribution in [-0.2, 0) is 9.59 Å². The predicted octanol–water partition coefficient (Wildman–Crippen LogP) is 2.96. The molecule has 2 heterocycles. The van der Waals surface area contributed by atoms with E-state index in [-0.39, 0.29) is 11.8 Å². The summed E-state index contributed by atoms with van der Waals surface area (Å²) in [5.41, 5.74) is 0. The standard InChI is InChI=1S/C25H45N5O2/c1-20(2)17-24(32)29-15-13-28(14-16-29)23(31)11-5-4-8-12-27-25(26-3)30-18-21-9-6-7-10-22(21)19-30/h20-22H,4-19H2,1-3H3,(H,26,27). The Morgan fingerprint density at radius 2 is 1.47 bits per heavy atom. The van der Waals surface area contributed by atoms with Crippen molar-refractivity contribution in [2.75, 3.05) is 52.9 Å². The summed E-state index contributed by atoms with van der Waals surface area (Å²) in [7, 11) is 1.89. The first-order chi connectivity index (χ1) is 15.5. The van der Waals surface area contributed by atoms with E-state index in [1.807, 2.05) is 16.8 Å². The van der Waals surface area contributed by atoms with Crippen molar-refractivity contribution >= 4 is 17.8 Å². The maximum Gasteiger partial charge on any atom is 0.222 e. The third kappa shape index (κ3) is 7.11. The Bertz CT molecular complexity index is 628. The lowest BCUT2D eigenvalue weighted by atomic mass is 9.82. The van der Waals surface area contributed by atoms with Crippen molar-refractivity contribution in [1.82, 2.24) is 20.0 Å². The number of nitrogens with one attached hydrogen (secondary N) is 1. The van der Waals surface area contributed by atoms with Crippen LogP contribution in [0, 0.1) is 17.8 Å². The lowest BCUT2D eigenvalue weighted by Gasteiger charge is -2.35. The summed E-state index contributed by atoms with van der Waals surface area (Å²) < 4.78 is 0. The van der Waals surface area contributed by atoms with Crippen molar-refractivity contribution < 1.29 is 9.59 Å². The maximum atomic E-state index is 12.5. The molecular formula is C25H45N5O2. The number of aliphatic imine (C=N–C) groups is 1. The molecule has 7 heteroatoms. The fourth-order valence-corrected chi connectivity index (χ4v) is 5.53. The van der Waals surface area contributed by atoms with Crippen LogP contribution in [0.5, 0.6) is 0 Å². The fraction of sp³-hybridized carbons (Fsp3) is 0.880. The van der Waals surface area contributed by atoms with Gasteiger partial charge in [-0.2, -0.15) is 0 Å². The average Bonchev–Trinajstić information content (AvgIpc) is 3.22. The number of amides is 2. The summed E-state index contributed by atoms with van der Waals surface area (Å²) in [6.07, 6.45) is 9.82.